The maximum atomic E-state index is 17.0. The number of nitrogens with two attached hydrogens (primary N) is 5. The SMILES string of the molecule is CCC(C)[C@H](NC(=O)[C@@H](CCCNC(=N)N)NC(=O)[C@](C(=O)[C@@H](N)CC(C)(C)C)(C(C(=O)[C@@H](N)Cc1cccc(N)c1)C(C)C)N(C(=O)[C@@H](N)[C@H](O)C(C)C)C(=O)[C@@H](CC(C)(C)C)NC(=O)OCc1ccccc1)C(=O)N[C@H](C(=O)NCC(=O)N[C@@H](CO)C(=O)N[C@@H](CO)C(=O)O)[C@H](C)O. The summed E-state index contributed by atoms with van der Waals surface area (Å²) in [7, 11) is 0. The Morgan fingerprint density at radius 3 is 1.71 bits per heavy atom. The van der Waals surface area contributed by atoms with Gasteiger partial charge in [-0.3, -0.25) is 58.3 Å². The second-order valence-corrected chi connectivity index (χ2v) is 28.2. The molecule has 2 rings (SSSR count). The van der Waals surface area contributed by atoms with Gasteiger partial charge < -0.3 is 101 Å². The molecule has 2 aromatic rings. The minimum absolute atomic E-state index is 0.0945. The fourth-order valence-corrected chi connectivity index (χ4v) is 11.0. The number of carbonyl (C=O) groups is 12. The van der Waals surface area contributed by atoms with E-state index in [1.807, 2.05) is 5.32 Å². The first-order valence-corrected chi connectivity index (χ1v) is 33.1. The number of benzene rings is 2. The van der Waals surface area contributed by atoms with E-state index in [-0.39, 0.29) is 49.4 Å². The highest BCUT2D eigenvalue weighted by molar-refractivity contribution is 6.23. The minimum atomic E-state index is -3.65. The van der Waals surface area contributed by atoms with E-state index < -0.39 is 216 Å². The number of Topliss-reactive ketones (excluding diaryl/α,β-unsaturated/α-hetero) is 2. The number of ketones is 2. The number of rotatable bonds is 40. The van der Waals surface area contributed by atoms with Crippen LogP contribution >= 0.6 is 0 Å². The Kier molecular flexibility index (Phi) is 34.9. The molecule has 0 aliphatic heterocycles. The molecule has 0 bridgehead atoms. The molecule has 0 saturated heterocycles. The lowest BCUT2D eigenvalue weighted by atomic mass is 9.65. The van der Waals surface area contributed by atoms with Gasteiger partial charge in [-0.1, -0.05) is 132 Å². The number of nitrogens with zero attached hydrogens (tertiary/aromatic N) is 1. The van der Waals surface area contributed by atoms with Crippen LogP contribution in [0.1, 0.15) is 133 Å². The highest BCUT2D eigenvalue weighted by Gasteiger charge is 2.66. The molecule has 33 nitrogen and oxygen atoms in total. The number of guanidine groups is 1. The number of aliphatic hydroxyl groups excluding tert-OH is 4. The third-order valence-corrected chi connectivity index (χ3v) is 16.4. The number of carboxylic acids is 1. The predicted molar refractivity (Wildman–Crippen MR) is 369 cm³/mol. The van der Waals surface area contributed by atoms with Crippen LogP contribution in [0.25, 0.3) is 0 Å². The Morgan fingerprint density at radius 2 is 1.20 bits per heavy atom. The molecule has 0 aromatic heterocycles. The summed E-state index contributed by atoms with van der Waals surface area (Å²) in [4.78, 5) is 178. The summed E-state index contributed by atoms with van der Waals surface area (Å²) in [6, 6.07) is -2.46. The van der Waals surface area contributed by atoms with Gasteiger partial charge in [-0.25, -0.2) is 9.59 Å². The Balaban J connectivity index is 3.25. The second kappa shape index (κ2) is 39.9. The first-order valence-electron chi connectivity index (χ1n) is 33.1. The third kappa shape index (κ3) is 26.4. The molecule has 9 amide bonds. The maximum absolute atomic E-state index is 17.0. The fourth-order valence-electron chi connectivity index (χ4n) is 11.0. The number of carboxylic acid groups (broad SMARTS) is 1. The molecular formula is C67H109N15O18. The number of alkyl carbamates (subject to hydrolysis) is 1. The number of imide groups is 1. The zero-order valence-electron chi connectivity index (χ0n) is 59.5. The monoisotopic (exact) mass is 1410 g/mol. The van der Waals surface area contributed by atoms with Crippen LogP contribution < -0.4 is 71.2 Å². The molecule has 2 unspecified atom stereocenters. The molecule has 0 heterocycles. The zero-order chi connectivity index (χ0) is 76.5. The highest BCUT2D eigenvalue weighted by Crippen LogP contribution is 2.40. The topological polar surface area (TPSA) is 569 Å². The predicted octanol–water partition coefficient (Wildman–Crippen LogP) is -2.22. The summed E-state index contributed by atoms with van der Waals surface area (Å²) in [6.07, 6.45) is -6.54. The number of carbonyl (C=O) groups excluding carboxylic acids is 11. The summed E-state index contributed by atoms with van der Waals surface area (Å²) >= 11 is 0. The van der Waals surface area contributed by atoms with E-state index in [0.717, 1.165) is 6.92 Å². The normalized spacial score (nSPS) is 16.2. The number of anilines is 1. The number of hydrogen-bond donors (Lipinski definition) is 19. The molecule has 560 valence electrons. The van der Waals surface area contributed by atoms with Gasteiger partial charge in [0.05, 0.1) is 50.0 Å². The molecule has 24 N–H and O–H groups in total. The Hall–Kier alpha value is -8.73. The number of hydrogen-bond acceptors (Lipinski definition) is 22. The second-order valence-electron chi connectivity index (χ2n) is 28.2. The third-order valence-electron chi connectivity index (χ3n) is 16.4. The van der Waals surface area contributed by atoms with Crippen LogP contribution in [0, 0.1) is 39.9 Å². The molecule has 0 fully saturated rings. The van der Waals surface area contributed by atoms with Crippen LogP contribution in [0.4, 0.5) is 10.5 Å². The van der Waals surface area contributed by atoms with Gasteiger partial charge >= 0.3 is 12.1 Å². The van der Waals surface area contributed by atoms with E-state index in [1.54, 1.807) is 97.0 Å². The average molecular weight is 1410 g/mol. The molecule has 0 aliphatic rings. The van der Waals surface area contributed by atoms with Gasteiger partial charge in [-0.05, 0) is 90.9 Å². The van der Waals surface area contributed by atoms with Gasteiger partial charge in [0.25, 0.3) is 11.8 Å². The van der Waals surface area contributed by atoms with Crippen LogP contribution in [-0.2, 0) is 70.5 Å². The lowest BCUT2D eigenvalue weighted by molar-refractivity contribution is -0.174. The standard InChI is InChI=1S/C67H109N15O18/c1-14-36(6)50(58(93)81-51(37(7)85)57(92)75-30-47(86)76-45(31-83)56(91)77-46(32-84)61(96)97)80-55(90)43(24-19-25-74-63(72)73)78-62(98)67(54(89)42(70)28-65(8,9)10,48(34(2)3)53(88)41(69)27-39-22-18-23-40(68)26-39)82(60(95)49(71)52(87)35(4)5)59(94)44(29-66(11,12)13)79-64(99)100-33-38-20-16-15-17-21-38/h15-18,20-23,26,34-37,41-46,48-52,83-85,87H,14,19,24-25,27-33,68-71H2,1-13H3,(H,75,92)(H,76,86)(H,77,91)(H,78,98)(H,79,99)(H,80,90)(H,81,93)(H,96,97)(H4,72,73,74)/t36?,37-,41-,42-,43+,44+,45-,46-,48?,49-,50-,51-,52+,67+/m0/s1. The first kappa shape index (κ1) is 87.4. The van der Waals surface area contributed by atoms with Crippen LogP contribution in [0.3, 0.4) is 0 Å². The van der Waals surface area contributed by atoms with Crippen molar-refractivity contribution in [1.29, 1.82) is 5.41 Å². The van der Waals surface area contributed by atoms with E-state index in [2.05, 4.69) is 37.2 Å². The molecule has 0 spiro atoms. The maximum Gasteiger partial charge on any atom is 0.408 e. The number of aliphatic carboxylic acids is 1. The van der Waals surface area contributed by atoms with Gasteiger partial charge in [0.15, 0.2) is 23.1 Å². The Labute approximate surface area is 583 Å². The molecule has 33 heteroatoms. The van der Waals surface area contributed by atoms with Crippen molar-refractivity contribution in [3.05, 3.63) is 65.7 Å². The first-order chi connectivity index (χ1) is 46.4. The smallest absolute Gasteiger partial charge is 0.408 e. The van der Waals surface area contributed by atoms with Gasteiger partial charge in [0, 0.05) is 12.2 Å². The van der Waals surface area contributed by atoms with Crippen molar-refractivity contribution in [2.24, 2.45) is 57.4 Å². The van der Waals surface area contributed by atoms with Gasteiger partial charge in [0.2, 0.25) is 35.4 Å². The summed E-state index contributed by atoms with van der Waals surface area (Å²) < 4.78 is 5.59. The molecular weight excluding hydrogens is 1300 g/mol. The largest absolute Gasteiger partial charge is 0.480 e. The molecule has 0 radical (unpaired) electrons. The molecule has 100 heavy (non-hydrogen) atoms. The lowest BCUT2D eigenvalue weighted by Crippen LogP contribution is -2.79. The number of amides is 9. The van der Waals surface area contributed by atoms with Crippen LogP contribution in [0.15, 0.2) is 54.6 Å². The van der Waals surface area contributed by atoms with E-state index >= 15 is 28.8 Å². The quantitative estimate of drug-likeness (QED) is 0.0110. The molecule has 0 aliphatic carbocycles. The van der Waals surface area contributed by atoms with Gasteiger partial charge in [-0.2, -0.15) is 0 Å². The van der Waals surface area contributed by atoms with Crippen molar-refractivity contribution < 1.29 is 87.8 Å². The summed E-state index contributed by atoms with van der Waals surface area (Å²) in [5.41, 5.74) is 28.1. The lowest BCUT2D eigenvalue weighted by Gasteiger charge is -2.49. The van der Waals surface area contributed by atoms with Crippen molar-refractivity contribution in [2.45, 2.75) is 207 Å². The van der Waals surface area contributed by atoms with Crippen molar-refractivity contribution in [2.75, 3.05) is 32.0 Å². The van der Waals surface area contributed by atoms with E-state index in [4.69, 9.17) is 38.8 Å². The average Bonchev–Trinajstić information content (AvgIpc) is 0.718. The van der Waals surface area contributed by atoms with Crippen LogP contribution in [0.2, 0.25) is 0 Å². The fraction of sp³-hybridized carbons (Fsp3) is 0.627. The van der Waals surface area contributed by atoms with E-state index in [9.17, 15) is 54.3 Å². The van der Waals surface area contributed by atoms with E-state index in [1.165, 1.54) is 40.7 Å². The Bertz CT molecular complexity index is 3140. The molecule has 2 aromatic carbocycles. The summed E-state index contributed by atoms with van der Waals surface area (Å²) in [6.45, 7) is 16.3. The van der Waals surface area contributed by atoms with Crippen LogP contribution in [-0.4, -0.2) is 206 Å². The zero-order valence-corrected chi connectivity index (χ0v) is 59.5. The number of aliphatic hydroxyl groups is 4. The number of nitrogen functional groups attached to an aromatic ring is 1. The summed E-state index contributed by atoms with van der Waals surface area (Å²) in [5.74, 6) is -21.0. The van der Waals surface area contributed by atoms with E-state index in [0.29, 0.717) is 11.1 Å². The molecule has 0 saturated carbocycles. The minimum Gasteiger partial charge on any atom is -0.480 e. The van der Waals surface area contributed by atoms with Gasteiger partial charge in [0.1, 0.15) is 48.9 Å². The Morgan fingerprint density at radius 1 is 0.630 bits per heavy atom. The van der Waals surface area contributed by atoms with Crippen molar-refractivity contribution in [3.8, 4) is 0 Å². The highest BCUT2D eigenvalue weighted by atomic mass is 16.5. The number of ether oxygens (including phenoxy) is 1. The van der Waals surface area contributed by atoms with Gasteiger partial charge in [-0.15, -0.1) is 0 Å². The van der Waals surface area contributed by atoms with Crippen molar-refractivity contribution >= 4 is 82.5 Å². The summed E-state index contributed by atoms with van der Waals surface area (Å²) in [5, 5.41) is 77.6. The number of nitrogens with one attached hydrogen (secondary N) is 9. The van der Waals surface area contributed by atoms with Crippen LogP contribution in [0.5, 0.6) is 0 Å². The van der Waals surface area contributed by atoms with Crippen molar-refractivity contribution in [3.63, 3.8) is 0 Å². The molecule has 14 atom stereocenters. The van der Waals surface area contributed by atoms with Crippen molar-refractivity contribution in [1.82, 2.24) is 47.4 Å².